The van der Waals surface area contributed by atoms with Gasteiger partial charge in [-0.2, -0.15) is 4.39 Å². The van der Waals surface area contributed by atoms with E-state index in [0.29, 0.717) is 18.4 Å². The molecule has 0 heterocycles. The number of carbonyl (C=O) groups is 1. The SMILES string of the molecule is COc1c(C2(CC(=O)O)CC2)ccc(F)c1F. The average Bonchev–Trinajstić information content (AvgIpc) is 3.01. The summed E-state index contributed by atoms with van der Waals surface area (Å²) in [5, 5.41) is 8.83. The average molecular weight is 242 g/mol. The van der Waals surface area contributed by atoms with Crippen LogP contribution in [0.25, 0.3) is 0 Å². The van der Waals surface area contributed by atoms with Crippen molar-refractivity contribution in [3.63, 3.8) is 0 Å². The summed E-state index contributed by atoms with van der Waals surface area (Å²) in [6, 6.07) is 2.42. The van der Waals surface area contributed by atoms with Gasteiger partial charge < -0.3 is 9.84 Å². The quantitative estimate of drug-likeness (QED) is 0.882. The molecule has 1 aliphatic carbocycles. The fourth-order valence-electron chi connectivity index (χ4n) is 2.13. The van der Waals surface area contributed by atoms with Crippen molar-refractivity contribution >= 4 is 5.97 Å². The second kappa shape index (κ2) is 3.98. The summed E-state index contributed by atoms with van der Waals surface area (Å²) < 4.78 is 31.4. The number of hydrogen-bond acceptors (Lipinski definition) is 2. The van der Waals surface area contributed by atoms with Crippen molar-refractivity contribution in [3.8, 4) is 5.75 Å². The summed E-state index contributed by atoms with van der Waals surface area (Å²) in [6.45, 7) is 0. The van der Waals surface area contributed by atoms with Gasteiger partial charge in [0.25, 0.3) is 0 Å². The second-order valence-corrected chi connectivity index (χ2v) is 4.29. The highest BCUT2D eigenvalue weighted by Gasteiger charge is 2.48. The van der Waals surface area contributed by atoms with E-state index >= 15 is 0 Å². The van der Waals surface area contributed by atoms with Crippen LogP contribution in [-0.2, 0) is 10.2 Å². The Kier molecular flexibility index (Phi) is 2.77. The highest BCUT2D eigenvalue weighted by molar-refractivity contribution is 5.70. The van der Waals surface area contributed by atoms with Gasteiger partial charge in [0, 0.05) is 11.0 Å². The zero-order valence-corrected chi connectivity index (χ0v) is 9.30. The number of ether oxygens (including phenoxy) is 1. The third-order valence-corrected chi connectivity index (χ3v) is 3.17. The summed E-state index contributed by atoms with van der Waals surface area (Å²) in [5.41, 5.74) is -0.146. The van der Waals surface area contributed by atoms with Gasteiger partial charge in [-0.25, -0.2) is 4.39 Å². The molecule has 3 nitrogen and oxygen atoms in total. The molecule has 17 heavy (non-hydrogen) atoms. The van der Waals surface area contributed by atoms with Gasteiger partial charge >= 0.3 is 5.97 Å². The molecular weight excluding hydrogens is 230 g/mol. The van der Waals surface area contributed by atoms with Crippen LogP contribution in [0.3, 0.4) is 0 Å². The first-order chi connectivity index (χ1) is 8.00. The fourth-order valence-corrected chi connectivity index (χ4v) is 2.13. The monoisotopic (exact) mass is 242 g/mol. The predicted octanol–water partition coefficient (Wildman–Crippen LogP) is 2.48. The lowest BCUT2D eigenvalue weighted by Gasteiger charge is -2.17. The number of methoxy groups -OCH3 is 1. The van der Waals surface area contributed by atoms with E-state index in [1.165, 1.54) is 13.2 Å². The fraction of sp³-hybridized carbons (Fsp3) is 0.417. The number of carboxylic acids is 1. The largest absolute Gasteiger partial charge is 0.493 e. The van der Waals surface area contributed by atoms with Crippen LogP contribution in [0.2, 0.25) is 0 Å². The number of carboxylic acid groups (broad SMARTS) is 1. The van der Waals surface area contributed by atoms with Gasteiger partial charge in [0.15, 0.2) is 11.6 Å². The Morgan fingerprint density at radius 1 is 1.47 bits per heavy atom. The minimum atomic E-state index is -1.05. The molecule has 0 unspecified atom stereocenters. The van der Waals surface area contributed by atoms with Crippen LogP contribution in [0.15, 0.2) is 12.1 Å². The summed E-state index contributed by atoms with van der Waals surface area (Å²) in [4.78, 5) is 10.8. The molecule has 0 aromatic heterocycles. The first-order valence-electron chi connectivity index (χ1n) is 5.24. The molecule has 0 amide bonds. The van der Waals surface area contributed by atoms with E-state index in [0.717, 1.165) is 6.07 Å². The van der Waals surface area contributed by atoms with Crippen molar-refractivity contribution in [3.05, 3.63) is 29.3 Å². The van der Waals surface area contributed by atoms with Crippen LogP contribution in [0, 0.1) is 11.6 Å². The smallest absolute Gasteiger partial charge is 0.304 e. The Balaban J connectivity index is 2.46. The van der Waals surface area contributed by atoms with Gasteiger partial charge in [-0.1, -0.05) is 6.07 Å². The lowest BCUT2D eigenvalue weighted by Crippen LogP contribution is -2.15. The second-order valence-electron chi connectivity index (χ2n) is 4.29. The van der Waals surface area contributed by atoms with E-state index in [1.807, 2.05) is 0 Å². The molecule has 92 valence electrons. The first-order valence-corrected chi connectivity index (χ1v) is 5.24. The third kappa shape index (κ3) is 1.97. The Morgan fingerprint density at radius 3 is 2.59 bits per heavy atom. The van der Waals surface area contributed by atoms with Crippen LogP contribution in [-0.4, -0.2) is 18.2 Å². The first kappa shape index (κ1) is 11.8. The van der Waals surface area contributed by atoms with Crippen molar-refractivity contribution in [1.29, 1.82) is 0 Å². The summed E-state index contributed by atoms with van der Waals surface area (Å²) >= 11 is 0. The minimum Gasteiger partial charge on any atom is -0.493 e. The number of halogens is 2. The third-order valence-electron chi connectivity index (χ3n) is 3.17. The summed E-state index contributed by atoms with van der Waals surface area (Å²) in [5.74, 6) is -3.17. The van der Waals surface area contributed by atoms with Gasteiger partial charge in [0.1, 0.15) is 0 Å². The Hall–Kier alpha value is -1.65. The summed E-state index contributed by atoms with van der Waals surface area (Å²) in [7, 11) is 1.25. The van der Waals surface area contributed by atoms with Gasteiger partial charge in [-0.05, 0) is 18.9 Å². The normalized spacial score (nSPS) is 16.6. The van der Waals surface area contributed by atoms with Crippen molar-refractivity contribution in [2.45, 2.75) is 24.7 Å². The van der Waals surface area contributed by atoms with Crippen LogP contribution >= 0.6 is 0 Å². The molecule has 1 aromatic carbocycles. The molecule has 1 aliphatic rings. The van der Waals surface area contributed by atoms with Crippen LogP contribution in [0.4, 0.5) is 8.78 Å². The van der Waals surface area contributed by atoms with E-state index in [-0.39, 0.29) is 12.2 Å². The van der Waals surface area contributed by atoms with E-state index in [2.05, 4.69) is 0 Å². The highest BCUT2D eigenvalue weighted by atomic mass is 19.2. The van der Waals surface area contributed by atoms with Gasteiger partial charge in [0.05, 0.1) is 13.5 Å². The van der Waals surface area contributed by atoms with Gasteiger partial charge in [-0.15, -0.1) is 0 Å². The molecule has 2 rings (SSSR count). The number of hydrogen-bond donors (Lipinski definition) is 1. The number of aliphatic carboxylic acids is 1. The molecule has 0 spiro atoms. The van der Waals surface area contributed by atoms with E-state index < -0.39 is 23.0 Å². The summed E-state index contributed by atoms with van der Waals surface area (Å²) in [6.07, 6.45) is 1.22. The van der Waals surface area contributed by atoms with Crippen molar-refractivity contribution < 1.29 is 23.4 Å². The molecule has 1 aromatic rings. The van der Waals surface area contributed by atoms with Crippen LogP contribution < -0.4 is 4.74 Å². The van der Waals surface area contributed by atoms with Crippen molar-refractivity contribution in [2.24, 2.45) is 0 Å². The molecule has 1 saturated carbocycles. The Labute approximate surface area is 97.0 Å². The van der Waals surface area contributed by atoms with Gasteiger partial charge in [0.2, 0.25) is 5.82 Å². The van der Waals surface area contributed by atoms with Gasteiger partial charge in [-0.3, -0.25) is 4.79 Å². The van der Waals surface area contributed by atoms with Crippen molar-refractivity contribution in [1.82, 2.24) is 0 Å². The van der Waals surface area contributed by atoms with Crippen molar-refractivity contribution in [2.75, 3.05) is 7.11 Å². The maximum absolute atomic E-state index is 13.5. The standard InChI is InChI=1S/C12H12F2O3/c1-17-11-7(2-3-8(13)10(11)14)12(4-5-12)6-9(15)16/h2-3H,4-6H2,1H3,(H,15,16). The number of rotatable bonds is 4. The molecule has 0 atom stereocenters. The molecule has 1 fully saturated rings. The lowest BCUT2D eigenvalue weighted by molar-refractivity contribution is -0.137. The maximum Gasteiger partial charge on any atom is 0.304 e. The molecule has 0 radical (unpaired) electrons. The predicted molar refractivity (Wildman–Crippen MR) is 56.1 cm³/mol. The molecule has 0 aliphatic heterocycles. The number of benzene rings is 1. The Morgan fingerprint density at radius 2 is 2.12 bits per heavy atom. The van der Waals surface area contributed by atoms with Crippen LogP contribution in [0.5, 0.6) is 5.75 Å². The highest BCUT2D eigenvalue weighted by Crippen LogP contribution is 2.54. The maximum atomic E-state index is 13.5. The Bertz CT molecular complexity index is 467. The van der Waals surface area contributed by atoms with E-state index in [9.17, 15) is 13.6 Å². The van der Waals surface area contributed by atoms with Crippen LogP contribution in [0.1, 0.15) is 24.8 Å². The topological polar surface area (TPSA) is 46.5 Å². The molecule has 0 bridgehead atoms. The van der Waals surface area contributed by atoms with E-state index in [4.69, 9.17) is 9.84 Å². The molecule has 1 N–H and O–H groups in total. The molecule has 0 saturated heterocycles. The van der Waals surface area contributed by atoms with E-state index in [1.54, 1.807) is 0 Å². The molecular formula is C12H12F2O3. The minimum absolute atomic E-state index is 0.0889. The zero-order chi connectivity index (χ0) is 12.6. The zero-order valence-electron chi connectivity index (χ0n) is 9.30. The molecule has 5 heteroatoms. The lowest BCUT2D eigenvalue weighted by atomic mass is 9.91.